The van der Waals surface area contributed by atoms with Crippen LogP contribution < -0.4 is 5.06 Å². The van der Waals surface area contributed by atoms with Gasteiger partial charge in [-0.25, -0.2) is 5.06 Å². The lowest BCUT2D eigenvalue weighted by atomic mass is 9.95. The number of likely N-dealkylation sites (tertiary alicyclic amines) is 1. The third kappa shape index (κ3) is 2.17. The molecular weight excluding hydrogens is 324 g/mol. The van der Waals surface area contributed by atoms with Crippen molar-refractivity contribution in [2.75, 3.05) is 5.06 Å². The molecule has 0 unspecified atom stereocenters. The largest absolute Gasteiger partial charge is 0.277 e. The van der Waals surface area contributed by atoms with E-state index in [0.29, 0.717) is 0 Å². The lowest BCUT2D eigenvalue weighted by Crippen LogP contribution is -2.41. The van der Waals surface area contributed by atoms with Crippen LogP contribution in [0.1, 0.15) is 24.8 Å². The Kier molecular flexibility index (Phi) is 3.66. The molecule has 24 heavy (non-hydrogen) atoms. The van der Waals surface area contributed by atoms with Crippen molar-refractivity contribution in [2.24, 2.45) is 5.92 Å². The third-order valence-electron chi connectivity index (χ3n) is 4.51. The minimum absolute atomic E-state index is 0.142. The molecule has 1 aromatic carbocycles. The number of anilines is 1. The first-order valence-electron chi connectivity index (χ1n) is 8.01. The number of thiophene rings is 1. The number of hydrogen-bond donors (Lipinski definition) is 0. The summed E-state index contributed by atoms with van der Waals surface area (Å²) >= 11 is 1.58. The smallest absolute Gasteiger partial charge is 0.262 e. The van der Waals surface area contributed by atoms with Gasteiger partial charge in [0.05, 0.1) is 5.69 Å². The minimum Gasteiger partial charge on any atom is -0.277 e. The molecule has 0 radical (unpaired) electrons. The lowest BCUT2D eigenvalue weighted by molar-refractivity contribution is -0.145. The second kappa shape index (κ2) is 5.72. The van der Waals surface area contributed by atoms with Crippen molar-refractivity contribution in [3.8, 4) is 0 Å². The summed E-state index contributed by atoms with van der Waals surface area (Å²) in [6.45, 7) is 3.71. The number of carbonyl (C=O) groups excluding carboxylic acids is 2. The SMILES string of the molecule is CC(C)N1C(=O)[C@H]2[C@@H](ON(c3ccccc3)[C@H]2c2cccs2)C1=O. The number of rotatable bonds is 3. The minimum atomic E-state index is -0.743. The van der Waals surface area contributed by atoms with E-state index < -0.39 is 12.0 Å². The number of nitrogens with zero attached hydrogens (tertiary/aromatic N) is 2. The molecule has 0 spiro atoms. The molecule has 2 fully saturated rings. The summed E-state index contributed by atoms with van der Waals surface area (Å²) in [5.74, 6) is -0.879. The van der Waals surface area contributed by atoms with Gasteiger partial charge in [-0.15, -0.1) is 11.3 Å². The molecular formula is C18H18N2O3S. The summed E-state index contributed by atoms with van der Waals surface area (Å²) in [5.41, 5.74) is 0.849. The van der Waals surface area contributed by atoms with E-state index in [1.54, 1.807) is 16.4 Å². The van der Waals surface area contributed by atoms with Crippen LogP contribution in [-0.2, 0) is 14.4 Å². The molecule has 5 nitrogen and oxygen atoms in total. The van der Waals surface area contributed by atoms with E-state index in [2.05, 4.69) is 0 Å². The fourth-order valence-electron chi connectivity index (χ4n) is 3.49. The van der Waals surface area contributed by atoms with Crippen LogP contribution in [0.15, 0.2) is 47.8 Å². The van der Waals surface area contributed by atoms with Gasteiger partial charge in [0.25, 0.3) is 5.91 Å². The van der Waals surface area contributed by atoms with Gasteiger partial charge in [-0.05, 0) is 37.4 Å². The third-order valence-corrected chi connectivity index (χ3v) is 5.45. The molecule has 0 N–H and O–H groups in total. The second-order valence-electron chi connectivity index (χ2n) is 6.31. The van der Waals surface area contributed by atoms with Gasteiger partial charge in [0.15, 0.2) is 6.10 Å². The number of hydroxylamine groups is 1. The van der Waals surface area contributed by atoms with Gasteiger partial charge in [0, 0.05) is 10.9 Å². The van der Waals surface area contributed by atoms with Crippen molar-refractivity contribution in [1.82, 2.24) is 4.90 Å². The highest BCUT2D eigenvalue weighted by atomic mass is 32.1. The van der Waals surface area contributed by atoms with Crippen LogP contribution in [-0.4, -0.2) is 28.9 Å². The molecule has 2 aliphatic rings. The van der Waals surface area contributed by atoms with E-state index in [1.807, 2.05) is 61.7 Å². The van der Waals surface area contributed by atoms with Gasteiger partial charge < -0.3 is 0 Å². The molecule has 3 atom stereocenters. The lowest BCUT2D eigenvalue weighted by Gasteiger charge is -2.28. The second-order valence-corrected chi connectivity index (χ2v) is 7.29. The number of para-hydroxylation sites is 1. The fraction of sp³-hybridized carbons (Fsp3) is 0.333. The van der Waals surface area contributed by atoms with Gasteiger partial charge in [0.2, 0.25) is 5.91 Å². The van der Waals surface area contributed by atoms with Gasteiger partial charge in [-0.3, -0.25) is 19.3 Å². The van der Waals surface area contributed by atoms with E-state index in [1.165, 1.54) is 4.90 Å². The maximum Gasteiger partial charge on any atom is 0.262 e. The van der Waals surface area contributed by atoms with E-state index in [4.69, 9.17) is 4.84 Å². The van der Waals surface area contributed by atoms with Crippen LogP contribution in [0.3, 0.4) is 0 Å². The molecule has 2 amide bonds. The van der Waals surface area contributed by atoms with Crippen molar-refractivity contribution >= 4 is 28.8 Å². The Hall–Kier alpha value is -2.18. The molecule has 0 aliphatic carbocycles. The fourth-order valence-corrected chi connectivity index (χ4v) is 4.35. The topological polar surface area (TPSA) is 49.9 Å². The van der Waals surface area contributed by atoms with E-state index in [0.717, 1.165) is 10.6 Å². The number of hydrogen-bond acceptors (Lipinski definition) is 5. The van der Waals surface area contributed by atoms with Crippen molar-refractivity contribution < 1.29 is 14.4 Å². The van der Waals surface area contributed by atoms with Crippen LogP contribution in [0.5, 0.6) is 0 Å². The summed E-state index contributed by atoms with van der Waals surface area (Å²) in [7, 11) is 0. The van der Waals surface area contributed by atoms with Crippen LogP contribution in [0.4, 0.5) is 5.69 Å². The molecule has 6 heteroatoms. The molecule has 2 aliphatic heterocycles. The van der Waals surface area contributed by atoms with Crippen LogP contribution >= 0.6 is 11.3 Å². The quantitative estimate of drug-likeness (QED) is 0.805. The van der Waals surface area contributed by atoms with Gasteiger partial charge in [-0.1, -0.05) is 24.3 Å². The average Bonchev–Trinajstić information content (AvgIpc) is 3.26. The molecule has 3 heterocycles. The summed E-state index contributed by atoms with van der Waals surface area (Å²) < 4.78 is 0. The Morgan fingerprint density at radius 1 is 1.04 bits per heavy atom. The summed E-state index contributed by atoms with van der Waals surface area (Å²) in [6, 6.07) is 13.1. The van der Waals surface area contributed by atoms with Crippen molar-refractivity contribution in [1.29, 1.82) is 0 Å². The number of carbonyl (C=O) groups is 2. The highest BCUT2D eigenvalue weighted by molar-refractivity contribution is 7.10. The first kappa shape index (κ1) is 15.4. The monoisotopic (exact) mass is 342 g/mol. The predicted octanol–water partition coefficient (Wildman–Crippen LogP) is 3.00. The maximum atomic E-state index is 12.9. The normalized spacial score (nSPS) is 26.5. The molecule has 0 bridgehead atoms. The Morgan fingerprint density at radius 3 is 2.42 bits per heavy atom. The average molecular weight is 342 g/mol. The predicted molar refractivity (Wildman–Crippen MR) is 91.3 cm³/mol. The number of amides is 2. The zero-order valence-electron chi connectivity index (χ0n) is 13.5. The molecule has 0 saturated carbocycles. The highest BCUT2D eigenvalue weighted by Crippen LogP contribution is 2.47. The molecule has 1 aromatic heterocycles. The Labute approximate surface area is 144 Å². The van der Waals surface area contributed by atoms with Crippen LogP contribution in [0.25, 0.3) is 0 Å². The van der Waals surface area contributed by atoms with Crippen molar-refractivity contribution in [2.45, 2.75) is 32.0 Å². The number of benzene rings is 1. The summed E-state index contributed by atoms with van der Waals surface area (Å²) in [4.78, 5) is 34.0. The van der Waals surface area contributed by atoms with Crippen molar-refractivity contribution in [3.05, 3.63) is 52.7 Å². The summed E-state index contributed by atoms with van der Waals surface area (Å²) in [6.07, 6.45) is -0.743. The number of imide groups is 1. The Balaban J connectivity index is 1.78. The molecule has 124 valence electrons. The van der Waals surface area contributed by atoms with E-state index >= 15 is 0 Å². The van der Waals surface area contributed by atoms with E-state index in [-0.39, 0.29) is 23.9 Å². The van der Waals surface area contributed by atoms with Gasteiger partial charge in [0.1, 0.15) is 12.0 Å². The zero-order valence-corrected chi connectivity index (χ0v) is 14.3. The van der Waals surface area contributed by atoms with Crippen molar-refractivity contribution in [3.63, 3.8) is 0 Å². The van der Waals surface area contributed by atoms with E-state index in [9.17, 15) is 9.59 Å². The molecule has 2 saturated heterocycles. The standard InChI is InChI=1S/C18H18N2O3S/c1-11(2)19-17(21)14-15(13-9-6-10-24-13)20(23-16(14)18(19)22)12-7-4-3-5-8-12/h3-11,14-16H,1-2H3/t14-,15+,16-/m1/s1. The Morgan fingerprint density at radius 2 is 1.79 bits per heavy atom. The summed E-state index contributed by atoms with van der Waals surface area (Å²) in [5, 5.41) is 3.71. The molecule has 2 aromatic rings. The Bertz CT molecular complexity index is 760. The van der Waals surface area contributed by atoms with Crippen LogP contribution in [0.2, 0.25) is 0 Å². The van der Waals surface area contributed by atoms with Gasteiger partial charge >= 0.3 is 0 Å². The molecule has 4 rings (SSSR count). The maximum absolute atomic E-state index is 12.9. The first-order chi connectivity index (χ1) is 11.6. The highest BCUT2D eigenvalue weighted by Gasteiger charge is 2.60. The van der Waals surface area contributed by atoms with Gasteiger partial charge in [-0.2, -0.15) is 0 Å². The zero-order chi connectivity index (χ0) is 16.8. The number of fused-ring (bicyclic) bond motifs is 1. The van der Waals surface area contributed by atoms with Crippen LogP contribution in [0, 0.1) is 5.92 Å². The first-order valence-corrected chi connectivity index (χ1v) is 8.89.